The lowest BCUT2D eigenvalue weighted by molar-refractivity contribution is 0.573. The van der Waals surface area contributed by atoms with E-state index in [4.69, 9.17) is 4.42 Å². The molecule has 0 N–H and O–H groups in total. The molecule has 4 heteroatoms. The number of rotatable bonds is 3. The summed E-state index contributed by atoms with van der Waals surface area (Å²) in [5, 5.41) is 0. The van der Waals surface area contributed by atoms with Crippen LogP contribution >= 0.6 is 0 Å². The highest BCUT2D eigenvalue weighted by Crippen LogP contribution is 2.19. The molecule has 0 saturated carbocycles. The van der Waals surface area contributed by atoms with Crippen LogP contribution in [0.4, 0.5) is 10.1 Å². The summed E-state index contributed by atoms with van der Waals surface area (Å²) < 4.78 is 18.4. The van der Waals surface area contributed by atoms with Gasteiger partial charge in [0, 0.05) is 6.20 Å². The van der Waals surface area contributed by atoms with Crippen molar-refractivity contribution < 1.29 is 8.81 Å². The van der Waals surface area contributed by atoms with Crippen LogP contribution < -0.4 is 0 Å². The topological polar surface area (TPSA) is 38.4 Å². The number of furan rings is 1. The van der Waals surface area contributed by atoms with Crippen molar-refractivity contribution >= 4 is 11.9 Å². The number of aliphatic imine (C=N–C) groups is 1. The third kappa shape index (κ3) is 2.80. The minimum Gasteiger partial charge on any atom is -0.453 e. The van der Waals surface area contributed by atoms with Crippen molar-refractivity contribution in [1.29, 1.82) is 0 Å². The van der Waals surface area contributed by atoms with E-state index in [0.717, 1.165) is 5.69 Å². The van der Waals surface area contributed by atoms with Gasteiger partial charge in [0.25, 0.3) is 0 Å². The van der Waals surface area contributed by atoms with Gasteiger partial charge in [-0.1, -0.05) is 6.07 Å². The predicted molar refractivity (Wildman–Crippen MR) is 75.6 cm³/mol. The van der Waals surface area contributed by atoms with Gasteiger partial charge < -0.3 is 4.42 Å². The Hall–Kier alpha value is -2.75. The number of halogens is 1. The normalized spacial score (nSPS) is 11.1. The second kappa shape index (κ2) is 5.48. The fourth-order valence-corrected chi connectivity index (χ4v) is 1.73. The second-order valence-corrected chi connectivity index (χ2v) is 4.15. The van der Waals surface area contributed by atoms with Gasteiger partial charge in [-0.25, -0.2) is 4.39 Å². The molecule has 0 unspecified atom stereocenters. The number of hydrogen-bond acceptors (Lipinski definition) is 3. The monoisotopic (exact) mass is 266 g/mol. The minimum absolute atomic E-state index is 0.278. The lowest BCUT2D eigenvalue weighted by Gasteiger charge is -1.94. The molecule has 0 aliphatic heterocycles. The van der Waals surface area contributed by atoms with Crippen LogP contribution in [0.5, 0.6) is 0 Å². The van der Waals surface area contributed by atoms with Gasteiger partial charge in [0.1, 0.15) is 17.3 Å². The van der Waals surface area contributed by atoms with Crippen LogP contribution in [0.2, 0.25) is 0 Å². The molecule has 2 heterocycles. The van der Waals surface area contributed by atoms with Crippen LogP contribution in [-0.4, -0.2) is 11.2 Å². The lowest BCUT2D eigenvalue weighted by atomic mass is 10.3. The molecule has 1 aromatic carbocycles. The molecule has 0 aliphatic carbocycles. The van der Waals surface area contributed by atoms with E-state index in [-0.39, 0.29) is 5.82 Å². The Kier molecular flexibility index (Phi) is 3.37. The van der Waals surface area contributed by atoms with Crippen molar-refractivity contribution in [2.24, 2.45) is 4.99 Å². The predicted octanol–water partition coefficient (Wildman–Crippen LogP) is 4.23. The molecule has 98 valence electrons. The molecule has 0 atom stereocenters. The molecule has 20 heavy (non-hydrogen) atoms. The van der Waals surface area contributed by atoms with Gasteiger partial charge in [0.2, 0.25) is 0 Å². The van der Waals surface area contributed by atoms with Gasteiger partial charge in [-0.15, -0.1) is 0 Å². The second-order valence-electron chi connectivity index (χ2n) is 4.15. The molecule has 3 aromatic rings. The Balaban J connectivity index is 1.79. The van der Waals surface area contributed by atoms with E-state index in [1.165, 1.54) is 12.1 Å². The smallest absolute Gasteiger partial charge is 0.153 e. The Morgan fingerprint density at radius 2 is 1.85 bits per heavy atom. The van der Waals surface area contributed by atoms with E-state index in [1.807, 2.05) is 30.3 Å². The summed E-state index contributed by atoms with van der Waals surface area (Å²) in [4.78, 5) is 8.43. The van der Waals surface area contributed by atoms with Crippen molar-refractivity contribution in [3.8, 4) is 11.5 Å². The summed E-state index contributed by atoms with van der Waals surface area (Å²) in [6.07, 6.45) is 3.31. The van der Waals surface area contributed by atoms with Crippen LogP contribution in [0.3, 0.4) is 0 Å². The zero-order valence-electron chi connectivity index (χ0n) is 10.5. The molecule has 0 fully saturated rings. The summed E-state index contributed by atoms with van der Waals surface area (Å²) >= 11 is 0. The van der Waals surface area contributed by atoms with Crippen molar-refractivity contribution in [3.05, 3.63) is 72.4 Å². The first-order chi connectivity index (χ1) is 9.81. The van der Waals surface area contributed by atoms with Crippen molar-refractivity contribution in [1.82, 2.24) is 4.98 Å². The van der Waals surface area contributed by atoms with E-state index in [1.54, 1.807) is 24.5 Å². The zero-order chi connectivity index (χ0) is 13.8. The first-order valence-electron chi connectivity index (χ1n) is 6.12. The van der Waals surface area contributed by atoms with E-state index < -0.39 is 0 Å². The first-order valence-corrected chi connectivity index (χ1v) is 6.12. The maximum atomic E-state index is 12.8. The minimum atomic E-state index is -0.278. The van der Waals surface area contributed by atoms with E-state index in [0.29, 0.717) is 17.2 Å². The molecule has 2 aromatic heterocycles. The zero-order valence-corrected chi connectivity index (χ0v) is 10.5. The van der Waals surface area contributed by atoms with Gasteiger partial charge in [-0.3, -0.25) is 9.98 Å². The first kappa shape index (κ1) is 12.3. The van der Waals surface area contributed by atoms with E-state index >= 15 is 0 Å². The van der Waals surface area contributed by atoms with Gasteiger partial charge in [0.15, 0.2) is 5.76 Å². The van der Waals surface area contributed by atoms with E-state index in [9.17, 15) is 4.39 Å². The van der Waals surface area contributed by atoms with Crippen LogP contribution in [0.25, 0.3) is 11.5 Å². The average molecular weight is 266 g/mol. The third-order valence-corrected chi connectivity index (χ3v) is 2.71. The highest BCUT2D eigenvalue weighted by atomic mass is 19.1. The summed E-state index contributed by atoms with van der Waals surface area (Å²) in [5.41, 5.74) is 1.44. The van der Waals surface area contributed by atoms with Crippen LogP contribution in [-0.2, 0) is 0 Å². The number of nitrogens with zero attached hydrogens (tertiary/aromatic N) is 2. The highest BCUT2D eigenvalue weighted by molar-refractivity contribution is 5.79. The van der Waals surface area contributed by atoms with Gasteiger partial charge in [-0.2, -0.15) is 0 Å². The van der Waals surface area contributed by atoms with Crippen LogP contribution in [0, 0.1) is 5.82 Å². The quantitative estimate of drug-likeness (QED) is 0.665. The fraction of sp³-hybridized carbons (Fsp3) is 0. The molecular formula is C16H11FN2O. The highest BCUT2D eigenvalue weighted by Gasteiger charge is 2.03. The van der Waals surface area contributed by atoms with Crippen molar-refractivity contribution in [2.75, 3.05) is 0 Å². The molecule has 0 amide bonds. The van der Waals surface area contributed by atoms with Gasteiger partial charge in [-0.05, 0) is 48.5 Å². The van der Waals surface area contributed by atoms with Crippen molar-refractivity contribution in [2.45, 2.75) is 0 Å². The van der Waals surface area contributed by atoms with Crippen molar-refractivity contribution in [3.63, 3.8) is 0 Å². The summed E-state index contributed by atoms with van der Waals surface area (Å²) in [5.74, 6) is 1.03. The van der Waals surface area contributed by atoms with Gasteiger partial charge >= 0.3 is 0 Å². The molecule has 0 spiro atoms. The van der Waals surface area contributed by atoms with Crippen LogP contribution in [0.1, 0.15) is 5.76 Å². The number of benzene rings is 1. The van der Waals surface area contributed by atoms with Gasteiger partial charge in [0.05, 0.1) is 11.9 Å². The number of pyridine rings is 1. The summed E-state index contributed by atoms with van der Waals surface area (Å²) in [6.45, 7) is 0. The molecular weight excluding hydrogens is 255 g/mol. The Morgan fingerprint density at radius 1 is 1.00 bits per heavy atom. The fourth-order valence-electron chi connectivity index (χ4n) is 1.73. The molecule has 0 radical (unpaired) electrons. The average Bonchev–Trinajstić information content (AvgIpc) is 2.97. The molecule has 0 bridgehead atoms. The summed E-state index contributed by atoms with van der Waals surface area (Å²) in [6, 6.07) is 15.2. The van der Waals surface area contributed by atoms with E-state index in [2.05, 4.69) is 9.98 Å². The molecule has 0 saturated heterocycles. The number of aromatic nitrogens is 1. The SMILES string of the molecule is Fc1ccc(/N=C/c2ccc(-c3ccccn3)o2)cc1. The Labute approximate surface area is 115 Å². The van der Waals surface area contributed by atoms with Crippen LogP contribution in [0.15, 0.2) is 70.2 Å². The number of hydrogen-bond donors (Lipinski definition) is 0. The largest absolute Gasteiger partial charge is 0.453 e. The third-order valence-electron chi connectivity index (χ3n) is 2.71. The molecule has 3 rings (SSSR count). The Bertz CT molecular complexity index is 718. The molecule has 0 aliphatic rings. The molecule has 3 nitrogen and oxygen atoms in total. The lowest BCUT2D eigenvalue weighted by Crippen LogP contribution is -1.78. The Morgan fingerprint density at radius 3 is 2.60 bits per heavy atom. The maximum Gasteiger partial charge on any atom is 0.153 e. The summed E-state index contributed by atoms with van der Waals surface area (Å²) in [7, 11) is 0. The maximum absolute atomic E-state index is 12.8. The standard InChI is InChI=1S/C16H11FN2O/c17-12-4-6-13(7-5-12)19-11-14-8-9-16(20-14)15-3-1-2-10-18-15/h1-11H/b19-11+.